The van der Waals surface area contributed by atoms with Crippen LogP contribution in [0.2, 0.25) is 0 Å². The van der Waals surface area contributed by atoms with Gasteiger partial charge in [-0.2, -0.15) is 0 Å². The fourth-order valence-corrected chi connectivity index (χ4v) is 8.23. The van der Waals surface area contributed by atoms with E-state index in [1.807, 2.05) is 79.1 Å². The summed E-state index contributed by atoms with van der Waals surface area (Å²) in [4.78, 5) is 47.5. The van der Waals surface area contributed by atoms with Crippen molar-refractivity contribution in [1.29, 1.82) is 0 Å². The molecule has 7 nitrogen and oxygen atoms in total. The largest absolute Gasteiger partial charge is 0.394 e. The van der Waals surface area contributed by atoms with Gasteiger partial charge in [0.15, 0.2) is 0 Å². The molecule has 0 radical (unpaired) electrons. The van der Waals surface area contributed by atoms with Crippen LogP contribution in [0, 0.1) is 11.8 Å². The summed E-state index contributed by atoms with van der Waals surface area (Å²) in [6.07, 6.45) is 8.09. The molecule has 0 aromatic heterocycles. The van der Waals surface area contributed by atoms with Crippen molar-refractivity contribution in [1.82, 2.24) is 14.7 Å². The number of rotatable bonds is 4. The van der Waals surface area contributed by atoms with Gasteiger partial charge in [-0.15, -0.1) is 11.8 Å². The van der Waals surface area contributed by atoms with Gasteiger partial charge in [-0.1, -0.05) is 54.6 Å². The van der Waals surface area contributed by atoms with Crippen LogP contribution in [-0.2, 0) is 20.9 Å². The van der Waals surface area contributed by atoms with E-state index in [1.165, 1.54) is 0 Å². The van der Waals surface area contributed by atoms with Crippen LogP contribution >= 0.6 is 11.8 Å². The number of nitrogens with zero attached hydrogens (tertiary/aromatic N) is 3. The van der Waals surface area contributed by atoms with Crippen molar-refractivity contribution in [3.05, 3.63) is 60.2 Å². The minimum absolute atomic E-state index is 0.0494. The highest BCUT2D eigenvalue weighted by atomic mass is 32.2. The minimum atomic E-state index is -0.858. The Kier molecular flexibility index (Phi) is 6.32. The molecule has 0 aliphatic carbocycles. The summed E-state index contributed by atoms with van der Waals surface area (Å²) in [5, 5.41) is 9.86. The number of amides is 3. The average Bonchev–Trinajstić information content (AvgIpc) is 3.16. The molecule has 2 saturated heterocycles. The summed E-state index contributed by atoms with van der Waals surface area (Å²) < 4.78 is -0.858. The zero-order valence-electron chi connectivity index (χ0n) is 21.3. The van der Waals surface area contributed by atoms with Gasteiger partial charge in [0, 0.05) is 30.4 Å². The van der Waals surface area contributed by atoms with Crippen LogP contribution in [0.4, 0.5) is 0 Å². The molecule has 1 aromatic rings. The van der Waals surface area contributed by atoms with Crippen molar-refractivity contribution < 1.29 is 19.5 Å². The molecule has 4 aliphatic heterocycles. The van der Waals surface area contributed by atoms with E-state index in [4.69, 9.17) is 0 Å². The van der Waals surface area contributed by atoms with Crippen molar-refractivity contribution >= 4 is 29.5 Å². The first kappa shape index (κ1) is 25.1. The molecule has 1 spiro atoms. The third-order valence-corrected chi connectivity index (χ3v) is 9.69. The van der Waals surface area contributed by atoms with Gasteiger partial charge in [0.1, 0.15) is 6.04 Å². The van der Waals surface area contributed by atoms with Crippen molar-refractivity contribution in [2.24, 2.45) is 11.8 Å². The zero-order chi connectivity index (χ0) is 25.8. The van der Waals surface area contributed by atoms with Gasteiger partial charge in [0.25, 0.3) is 0 Å². The summed E-state index contributed by atoms with van der Waals surface area (Å²) in [6.45, 7) is 8.90. The van der Waals surface area contributed by atoms with Crippen LogP contribution in [0.1, 0.15) is 33.3 Å². The lowest BCUT2D eigenvalue weighted by Crippen LogP contribution is -2.59. The molecule has 192 valence electrons. The van der Waals surface area contributed by atoms with E-state index in [1.54, 1.807) is 23.6 Å². The Hall–Kier alpha value is -2.58. The van der Waals surface area contributed by atoms with Crippen LogP contribution in [0.25, 0.3) is 0 Å². The summed E-state index contributed by atoms with van der Waals surface area (Å²) in [6, 6.07) is 8.57. The van der Waals surface area contributed by atoms with Crippen molar-refractivity contribution in [2.45, 2.75) is 61.9 Å². The lowest BCUT2D eigenvalue weighted by Gasteiger charge is -2.41. The molecule has 3 amide bonds. The first-order chi connectivity index (χ1) is 17.1. The molecule has 1 N–H and O–H groups in total. The molecule has 4 heterocycles. The Morgan fingerprint density at radius 2 is 1.78 bits per heavy atom. The van der Waals surface area contributed by atoms with Gasteiger partial charge in [-0.05, 0) is 33.3 Å². The predicted molar refractivity (Wildman–Crippen MR) is 140 cm³/mol. The van der Waals surface area contributed by atoms with Crippen LogP contribution in [0.15, 0.2) is 54.6 Å². The van der Waals surface area contributed by atoms with Gasteiger partial charge in [0.05, 0.1) is 29.2 Å². The molecule has 8 heteroatoms. The Morgan fingerprint density at radius 3 is 2.44 bits per heavy atom. The maximum Gasteiger partial charge on any atom is 0.247 e. The Balaban J connectivity index is 1.58. The SMILES string of the molecule is C[C@H](CO)N1C(=O)[C@@H]2[C@@H]3C(=O)N(Cc4ccccc4)CC=C[C@@H]3S[C@@]23C=CCN(C(C)(C)C)C(=O)C13. The Morgan fingerprint density at radius 1 is 1.06 bits per heavy atom. The first-order valence-electron chi connectivity index (χ1n) is 12.7. The summed E-state index contributed by atoms with van der Waals surface area (Å²) in [7, 11) is 0. The van der Waals surface area contributed by atoms with E-state index in [9.17, 15) is 19.5 Å². The molecule has 0 saturated carbocycles. The van der Waals surface area contributed by atoms with Gasteiger partial charge < -0.3 is 19.8 Å². The molecule has 1 unspecified atom stereocenters. The van der Waals surface area contributed by atoms with Gasteiger partial charge in [-0.3, -0.25) is 14.4 Å². The number of aliphatic hydroxyl groups is 1. The van der Waals surface area contributed by atoms with E-state index in [-0.39, 0.29) is 29.6 Å². The number of likely N-dealkylation sites (tertiary alicyclic amines) is 1. The van der Waals surface area contributed by atoms with Crippen molar-refractivity contribution in [2.75, 3.05) is 19.7 Å². The number of hydrogen-bond acceptors (Lipinski definition) is 5. The Bertz CT molecular complexity index is 1110. The number of aliphatic hydroxyl groups excluding tert-OH is 1. The van der Waals surface area contributed by atoms with E-state index in [2.05, 4.69) is 6.08 Å². The van der Waals surface area contributed by atoms with Crippen molar-refractivity contribution in [3.63, 3.8) is 0 Å². The van der Waals surface area contributed by atoms with Gasteiger partial charge >= 0.3 is 0 Å². The number of carbonyl (C=O) groups is 3. The molecule has 4 aliphatic rings. The minimum Gasteiger partial charge on any atom is -0.394 e. The fourth-order valence-electron chi connectivity index (χ4n) is 6.24. The zero-order valence-corrected chi connectivity index (χ0v) is 22.1. The molecule has 2 fully saturated rings. The first-order valence-corrected chi connectivity index (χ1v) is 13.6. The van der Waals surface area contributed by atoms with E-state index >= 15 is 0 Å². The highest BCUT2D eigenvalue weighted by Crippen LogP contribution is 2.61. The molecule has 6 atom stereocenters. The van der Waals surface area contributed by atoms with Crippen LogP contribution in [0.5, 0.6) is 0 Å². The third-order valence-electron chi connectivity index (χ3n) is 7.95. The normalized spacial score (nSPS) is 32.8. The van der Waals surface area contributed by atoms with E-state index in [0.29, 0.717) is 19.6 Å². The second-order valence-electron chi connectivity index (χ2n) is 11.3. The average molecular weight is 510 g/mol. The molecule has 36 heavy (non-hydrogen) atoms. The van der Waals surface area contributed by atoms with Crippen LogP contribution in [0.3, 0.4) is 0 Å². The molecular formula is C28H35N3O4S. The van der Waals surface area contributed by atoms with Crippen LogP contribution in [-0.4, -0.2) is 84.8 Å². The second kappa shape index (κ2) is 9.06. The molecular weight excluding hydrogens is 474 g/mol. The van der Waals surface area contributed by atoms with E-state index < -0.39 is 34.2 Å². The van der Waals surface area contributed by atoms with Crippen molar-refractivity contribution in [3.8, 4) is 0 Å². The highest BCUT2D eigenvalue weighted by Gasteiger charge is 2.71. The fraction of sp³-hybridized carbons (Fsp3) is 0.536. The maximum absolute atomic E-state index is 14.1. The van der Waals surface area contributed by atoms with Crippen LogP contribution < -0.4 is 0 Å². The highest BCUT2D eigenvalue weighted by molar-refractivity contribution is 8.02. The second-order valence-corrected chi connectivity index (χ2v) is 12.8. The summed E-state index contributed by atoms with van der Waals surface area (Å²) >= 11 is 1.57. The smallest absolute Gasteiger partial charge is 0.247 e. The predicted octanol–water partition coefficient (Wildman–Crippen LogP) is 2.46. The monoisotopic (exact) mass is 509 g/mol. The van der Waals surface area contributed by atoms with Gasteiger partial charge in [0.2, 0.25) is 17.7 Å². The number of carbonyl (C=O) groups excluding carboxylic acids is 3. The van der Waals surface area contributed by atoms with E-state index in [0.717, 1.165) is 5.56 Å². The topological polar surface area (TPSA) is 81.2 Å². The number of hydrogen-bond donors (Lipinski definition) is 1. The molecule has 0 bridgehead atoms. The number of thioether (sulfide) groups is 1. The standard InChI is InChI=1S/C28H35N3O4S/c1-18(17-32)31-23-26(35)30(27(2,3)4)15-9-13-28(23)22(25(31)34)21-20(36-28)12-8-14-29(24(21)33)16-19-10-6-5-7-11-19/h5-13,18,20-23,32H,14-17H2,1-4H3/t18-,20+,21-,22+,23?,28+/m1/s1. The maximum atomic E-state index is 14.1. The lowest BCUT2D eigenvalue weighted by atomic mass is 9.78. The summed E-state index contributed by atoms with van der Waals surface area (Å²) in [5.74, 6) is -1.61. The van der Waals surface area contributed by atoms with Gasteiger partial charge in [-0.25, -0.2) is 0 Å². The number of fused-ring (bicyclic) bond motifs is 2. The lowest BCUT2D eigenvalue weighted by molar-refractivity contribution is -0.148. The third kappa shape index (κ3) is 3.80. The Labute approximate surface area is 217 Å². The molecule has 1 aromatic carbocycles. The summed E-state index contributed by atoms with van der Waals surface area (Å²) in [5.41, 5.74) is 0.604. The number of benzene rings is 1. The molecule has 5 rings (SSSR count). The quantitative estimate of drug-likeness (QED) is 0.631.